The second kappa shape index (κ2) is 8.17. The van der Waals surface area contributed by atoms with Gasteiger partial charge in [-0.2, -0.15) is 0 Å². The van der Waals surface area contributed by atoms with Crippen LogP contribution >= 0.6 is 15.9 Å². The summed E-state index contributed by atoms with van der Waals surface area (Å²) in [4.78, 5) is 11.6. The Hall–Kier alpha value is -1.07. The highest BCUT2D eigenvalue weighted by molar-refractivity contribution is 9.10. The topological polar surface area (TPSA) is 50.4 Å². The normalized spacial score (nSPS) is 10.3. The molecule has 1 aromatic rings. The highest BCUT2D eigenvalue weighted by Crippen LogP contribution is 2.24. The molecule has 0 heterocycles. The zero-order valence-corrected chi connectivity index (χ0v) is 13.3. The van der Waals surface area contributed by atoms with Gasteiger partial charge in [-0.3, -0.25) is 4.79 Å². The molecule has 0 saturated heterocycles. The number of halogens is 1. The van der Waals surface area contributed by atoms with E-state index in [1.54, 1.807) is 7.11 Å². The van der Waals surface area contributed by atoms with Crippen molar-refractivity contribution in [3.05, 3.63) is 27.7 Å². The molecule has 0 aromatic heterocycles. The Balaban J connectivity index is 2.42. The van der Waals surface area contributed by atoms with Gasteiger partial charge in [-0.15, -0.1) is 0 Å². The van der Waals surface area contributed by atoms with E-state index in [4.69, 9.17) is 4.74 Å². The summed E-state index contributed by atoms with van der Waals surface area (Å²) in [6.07, 6.45) is 0.832. The SMILES string of the molecule is COCCCNC(=O)CNc1c(C)cc(Br)cc1C. The van der Waals surface area contributed by atoms with Crippen molar-refractivity contribution in [1.82, 2.24) is 5.32 Å². The lowest BCUT2D eigenvalue weighted by Crippen LogP contribution is -2.31. The van der Waals surface area contributed by atoms with Crippen LogP contribution in [-0.2, 0) is 9.53 Å². The van der Waals surface area contributed by atoms with Crippen LogP contribution in [0, 0.1) is 13.8 Å². The zero-order valence-electron chi connectivity index (χ0n) is 11.7. The first-order valence-electron chi connectivity index (χ1n) is 6.31. The van der Waals surface area contributed by atoms with E-state index in [0.29, 0.717) is 13.2 Å². The average molecular weight is 329 g/mol. The summed E-state index contributed by atoms with van der Waals surface area (Å²) in [6, 6.07) is 4.07. The second-order valence-electron chi connectivity index (χ2n) is 4.46. The summed E-state index contributed by atoms with van der Waals surface area (Å²) in [6.45, 7) is 5.65. The van der Waals surface area contributed by atoms with Crippen molar-refractivity contribution in [1.29, 1.82) is 0 Å². The third kappa shape index (κ3) is 5.61. The number of nitrogens with one attached hydrogen (secondary N) is 2. The first-order chi connectivity index (χ1) is 9.04. The van der Waals surface area contributed by atoms with Crippen LogP contribution in [-0.4, -0.2) is 32.7 Å². The van der Waals surface area contributed by atoms with E-state index in [-0.39, 0.29) is 12.5 Å². The van der Waals surface area contributed by atoms with Crippen LogP contribution in [0.1, 0.15) is 17.5 Å². The largest absolute Gasteiger partial charge is 0.385 e. The van der Waals surface area contributed by atoms with E-state index >= 15 is 0 Å². The van der Waals surface area contributed by atoms with Crippen molar-refractivity contribution in [2.24, 2.45) is 0 Å². The van der Waals surface area contributed by atoms with Gasteiger partial charge in [0.1, 0.15) is 0 Å². The van der Waals surface area contributed by atoms with Gasteiger partial charge in [0.15, 0.2) is 0 Å². The number of methoxy groups -OCH3 is 1. The van der Waals surface area contributed by atoms with Gasteiger partial charge in [-0.05, 0) is 43.5 Å². The average Bonchev–Trinajstić information content (AvgIpc) is 2.33. The molecule has 0 aliphatic heterocycles. The van der Waals surface area contributed by atoms with Gasteiger partial charge >= 0.3 is 0 Å². The molecular weight excluding hydrogens is 308 g/mol. The number of benzene rings is 1. The van der Waals surface area contributed by atoms with E-state index < -0.39 is 0 Å². The molecule has 0 atom stereocenters. The molecule has 0 spiro atoms. The standard InChI is InChI=1S/C14H21BrN2O2/c1-10-7-12(15)8-11(2)14(10)17-9-13(18)16-5-4-6-19-3/h7-8,17H,4-6,9H2,1-3H3,(H,16,18). The molecule has 1 aromatic carbocycles. The fourth-order valence-electron chi connectivity index (χ4n) is 1.86. The van der Waals surface area contributed by atoms with Crippen LogP contribution in [0.4, 0.5) is 5.69 Å². The van der Waals surface area contributed by atoms with E-state index in [1.165, 1.54) is 0 Å². The van der Waals surface area contributed by atoms with E-state index in [2.05, 4.69) is 26.6 Å². The smallest absolute Gasteiger partial charge is 0.239 e. The molecule has 1 rings (SSSR count). The van der Waals surface area contributed by atoms with Gasteiger partial charge in [-0.1, -0.05) is 15.9 Å². The molecule has 0 aliphatic carbocycles. The first kappa shape index (κ1) is 16.0. The number of rotatable bonds is 7. The number of anilines is 1. The maximum Gasteiger partial charge on any atom is 0.239 e. The zero-order chi connectivity index (χ0) is 14.3. The molecule has 2 N–H and O–H groups in total. The first-order valence-corrected chi connectivity index (χ1v) is 7.10. The van der Waals surface area contributed by atoms with Crippen molar-refractivity contribution in [2.75, 3.05) is 32.1 Å². The van der Waals surface area contributed by atoms with Gasteiger partial charge in [0.25, 0.3) is 0 Å². The van der Waals surface area contributed by atoms with Gasteiger partial charge in [0, 0.05) is 30.4 Å². The fraction of sp³-hybridized carbons (Fsp3) is 0.500. The number of carbonyl (C=O) groups is 1. The quantitative estimate of drug-likeness (QED) is 0.756. The summed E-state index contributed by atoms with van der Waals surface area (Å²) in [5, 5.41) is 6.03. The maximum atomic E-state index is 11.6. The van der Waals surface area contributed by atoms with Crippen molar-refractivity contribution < 1.29 is 9.53 Å². The Labute approximate surface area is 123 Å². The lowest BCUT2D eigenvalue weighted by molar-refractivity contribution is -0.119. The fourth-order valence-corrected chi connectivity index (χ4v) is 2.55. The van der Waals surface area contributed by atoms with E-state index in [0.717, 1.165) is 27.7 Å². The molecule has 0 bridgehead atoms. The third-order valence-corrected chi connectivity index (χ3v) is 3.23. The minimum atomic E-state index is -0.00202. The minimum Gasteiger partial charge on any atom is -0.385 e. The number of amides is 1. The Morgan fingerprint density at radius 2 is 1.95 bits per heavy atom. The monoisotopic (exact) mass is 328 g/mol. The van der Waals surface area contributed by atoms with E-state index in [9.17, 15) is 4.79 Å². The van der Waals surface area contributed by atoms with E-state index in [1.807, 2.05) is 26.0 Å². The van der Waals surface area contributed by atoms with Crippen LogP contribution in [0.3, 0.4) is 0 Å². The molecule has 5 heteroatoms. The molecule has 106 valence electrons. The van der Waals surface area contributed by atoms with Gasteiger partial charge in [0.05, 0.1) is 6.54 Å². The molecule has 0 unspecified atom stereocenters. The molecule has 19 heavy (non-hydrogen) atoms. The molecule has 0 fully saturated rings. The van der Waals surface area contributed by atoms with Crippen molar-refractivity contribution in [2.45, 2.75) is 20.3 Å². The Morgan fingerprint density at radius 1 is 1.32 bits per heavy atom. The summed E-state index contributed by atoms with van der Waals surface area (Å²) in [7, 11) is 1.66. The summed E-state index contributed by atoms with van der Waals surface area (Å²) in [5.74, 6) is -0.00202. The van der Waals surface area contributed by atoms with Gasteiger partial charge in [-0.25, -0.2) is 0 Å². The number of hydrogen-bond donors (Lipinski definition) is 2. The molecule has 0 aliphatic rings. The van der Waals surface area contributed by atoms with Crippen molar-refractivity contribution >= 4 is 27.5 Å². The number of carbonyl (C=O) groups excluding carboxylic acids is 1. The lowest BCUT2D eigenvalue weighted by atomic mass is 10.1. The summed E-state index contributed by atoms with van der Waals surface area (Å²) >= 11 is 3.46. The predicted octanol–water partition coefficient (Wildman–Crippen LogP) is 2.63. The third-order valence-electron chi connectivity index (χ3n) is 2.77. The van der Waals surface area contributed by atoms with Crippen LogP contribution in [0.5, 0.6) is 0 Å². The number of hydrogen-bond acceptors (Lipinski definition) is 3. The van der Waals surface area contributed by atoms with Crippen LogP contribution < -0.4 is 10.6 Å². The van der Waals surface area contributed by atoms with Gasteiger partial charge < -0.3 is 15.4 Å². The number of ether oxygens (including phenoxy) is 1. The maximum absolute atomic E-state index is 11.6. The second-order valence-corrected chi connectivity index (χ2v) is 5.38. The van der Waals surface area contributed by atoms with Gasteiger partial charge in [0.2, 0.25) is 5.91 Å². The summed E-state index contributed by atoms with van der Waals surface area (Å²) in [5.41, 5.74) is 3.27. The molecule has 4 nitrogen and oxygen atoms in total. The highest BCUT2D eigenvalue weighted by atomic mass is 79.9. The molecule has 1 amide bonds. The van der Waals surface area contributed by atoms with Crippen LogP contribution in [0.2, 0.25) is 0 Å². The molecule has 0 radical (unpaired) electrons. The Kier molecular flexibility index (Phi) is 6.87. The van der Waals surface area contributed by atoms with Crippen LogP contribution in [0.15, 0.2) is 16.6 Å². The Bertz CT molecular complexity index is 412. The Morgan fingerprint density at radius 3 is 2.53 bits per heavy atom. The summed E-state index contributed by atoms with van der Waals surface area (Å²) < 4.78 is 5.98. The predicted molar refractivity (Wildman–Crippen MR) is 81.6 cm³/mol. The molecular formula is C14H21BrN2O2. The highest BCUT2D eigenvalue weighted by Gasteiger charge is 2.06. The van der Waals surface area contributed by atoms with Crippen molar-refractivity contribution in [3.8, 4) is 0 Å². The molecule has 0 saturated carbocycles. The minimum absolute atomic E-state index is 0.00202. The van der Waals surface area contributed by atoms with Crippen molar-refractivity contribution in [3.63, 3.8) is 0 Å². The number of aryl methyl sites for hydroxylation is 2. The lowest BCUT2D eigenvalue weighted by Gasteiger charge is -2.13. The van der Waals surface area contributed by atoms with Crippen LogP contribution in [0.25, 0.3) is 0 Å².